The molecule has 0 radical (unpaired) electrons. The molecule has 0 bridgehead atoms. The molecule has 1 N–H and O–H groups in total. The summed E-state index contributed by atoms with van der Waals surface area (Å²) in [5, 5.41) is 2.96. The van der Waals surface area contributed by atoms with Gasteiger partial charge in [0, 0.05) is 13.0 Å². The fourth-order valence-corrected chi connectivity index (χ4v) is 2.01. The fourth-order valence-electron chi connectivity index (χ4n) is 2.01. The van der Waals surface area contributed by atoms with Crippen molar-refractivity contribution >= 4 is 5.91 Å². The highest BCUT2D eigenvalue weighted by Gasteiger charge is 2.02. The number of hydrogen-bond donors (Lipinski definition) is 1. The number of carbonyl (C=O) groups is 1. The Morgan fingerprint density at radius 1 is 1.00 bits per heavy atom. The van der Waals surface area contributed by atoms with E-state index >= 15 is 0 Å². The van der Waals surface area contributed by atoms with Crippen molar-refractivity contribution in [1.29, 1.82) is 0 Å². The monoisotopic (exact) mass is 253 g/mol. The molecule has 2 aromatic rings. The molecule has 0 aliphatic rings. The lowest BCUT2D eigenvalue weighted by atomic mass is 10.1. The van der Waals surface area contributed by atoms with Gasteiger partial charge in [-0.05, 0) is 24.5 Å². The molecule has 1 amide bonds. The van der Waals surface area contributed by atoms with Gasteiger partial charge in [-0.15, -0.1) is 0 Å². The van der Waals surface area contributed by atoms with E-state index in [9.17, 15) is 4.79 Å². The molecule has 0 unspecified atom stereocenters. The minimum atomic E-state index is 0.102. The van der Waals surface area contributed by atoms with Gasteiger partial charge < -0.3 is 5.32 Å². The average Bonchev–Trinajstić information content (AvgIpc) is 2.44. The minimum Gasteiger partial charge on any atom is -0.352 e. The van der Waals surface area contributed by atoms with Crippen molar-refractivity contribution in [1.82, 2.24) is 5.32 Å². The van der Waals surface area contributed by atoms with Crippen LogP contribution in [0.15, 0.2) is 54.6 Å². The second-order valence-corrected chi connectivity index (χ2v) is 4.75. The van der Waals surface area contributed by atoms with Crippen molar-refractivity contribution in [2.45, 2.75) is 26.3 Å². The van der Waals surface area contributed by atoms with Crippen molar-refractivity contribution in [2.24, 2.45) is 0 Å². The van der Waals surface area contributed by atoms with Gasteiger partial charge in [0.25, 0.3) is 0 Å². The zero-order valence-corrected chi connectivity index (χ0v) is 11.2. The van der Waals surface area contributed by atoms with Gasteiger partial charge >= 0.3 is 0 Å². The van der Waals surface area contributed by atoms with E-state index in [1.807, 2.05) is 42.5 Å². The maximum Gasteiger partial charge on any atom is 0.220 e. The Hall–Kier alpha value is -2.09. The van der Waals surface area contributed by atoms with E-state index in [1.165, 1.54) is 11.1 Å². The largest absolute Gasteiger partial charge is 0.352 e. The van der Waals surface area contributed by atoms with E-state index in [0.717, 1.165) is 12.0 Å². The SMILES string of the molecule is Cc1cccc(CNC(=O)CCc2ccccc2)c1. The first kappa shape index (κ1) is 13.3. The summed E-state index contributed by atoms with van der Waals surface area (Å²) in [6, 6.07) is 18.3. The van der Waals surface area contributed by atoms with E-state index in [1.54, 1.807) is 0 Å². The predicted molar refractivity (Wildman–Crippen MR) is 77.8 cm³/mol. The topological polar surface area (TPSA) is 29.1 Å². The Morgan fingerprint density at radius 3 is 2.47 bits per heavy atom. The molecule has 0 aromatic heterocycles. The Labute approximate surface area is 114 Å². The molecule has 0 heterocycles. The Morgan fingerprint density at radius 2 is 1.74 bits per heavy atom. The molecule has 0 atom stereocenters. The molecular formula is C17H19NO. The molecule has 0 saturated carbocycles. The van der Waals surface area contributed by atoms with E-state index in [0.29, 0.717) is 13.0 Å². The van der Waals surface area contributed by atoms with Crippen LogP contribution in [0.2, 0.25) is 0 Å². The third-order valence-corrected chi connectivity index (χ3v) is 3.06. The van der Waals surface area contributed by atoms with Crippen molar-refractivity contribution in [3.05, 3.63) is 71.3 Å². The molecule has 2 nitrogen and oxygen atoms in total. The maximum absolute atomic E-state index is 11.8. The van der Waals surface area contributed by atoms with Gasteiger partial charge in [0.15, 0.2) is 0 Å². The zero-order valence-electron chi connectivity index (χ0n) is 11.2. The van der Waals surface area contributed by atoms with Gasteiger partial charge in [0.1, 0.15) is 0 Å². The van der Waals surface area contributed by atoms with E-state index in [2.05, 4.69) is 24.4 Å². The molecule has 0 aliphatic carbocycles. The first-order valence-electron chi connectivity index (χ1n) is 6.60. The van der Waals surface area contributed by atoms with Gasteiger partial charge in [-0.25, -0.2) is 0 Å². The molecule has 0 aliphatic heterocycles. The highest BCUT2D eigenvalue weighted by molar-refractivity contribution is 5.76. The maximum atomic E-state index is 11.8. The van der Waals surface area contributed by atoms with Crippen LogP contribution in [-0.2, 0) is 17.8 Å². The van der Waals surface area contributed by atoms with Crippen LogP contribution in [0.1, 0.15) is 23.1 Å². The number of aryl methyl sites for hydroxylation is 2. The Balaban J connectivity index is 1.76. The zero-order chi connectivity index (χ0) is 13.5. The fraction of sp³-hybridized carbons (Fsp3) is 0.235. The summed E-state index contributed by atoms with van der Waals surface area (Å²) in [6.45, 7) is 2.66. The minimum absolute atomic E-state index is 0.102. The number of benzene rings is 2. The van der Waals surface area contributed by atoms with E-state index in [-0.39, 0.29) is 5.91 Å². The van der Waals surface area contributed by atoms with Crippen LogP contribution in [0.4, 0.5) is 0 Å². The van der Waals surface area contributed by atoms with Gasteiger partial charge in [0.05, 0.1) is 0 Å². The van der Waals surface area contributed by atoms with Gasteiger partial charge in [-0.3, -0.25) is 4.79 Å². The van der Waals surface area contributed by atoms with Gasteiger partial charge in [-0.1, -0.05) is 60.2 Å². The van der Waals surface area contributed by atoms with Crippen molar-refractivity contribution < 1.29 is 4.79 Å². The standard InChI is InChI=1S/C17H19NO/c1-14-6-5-9-16(12-14)13-18-17(19)11-10-15-7-3-2-4-8-15/h2-9,12H,10-11,13H2,1H3,(H,18,19). The summed E-state index contributed by atoms with van der Waals surface area (Å²) in [7, 11) is 0. The van der Waals surface area contributed by atoms with Crippen molar-refractivity contribution in [3.8, 4) is 0 Å². The summed E-state index contributed by atoms with van der Waals surface area (Å²) in [6.07, 6.45) is 1.33. The predicted octanol–water partition coefficient (Wildman–Crippen LogP) is 3.24. The quantitative estimate of drug-likeness (QED) is 0.870. The summed E-state index contributed by atoms with van der Waals surface area (Å²) in [5.41, 5.74) is 3.57. The smallest absolute Gasteiger partial charge is 0.220 e. The normalized spacial score (nSPS) is 10.2. The van der Waals surface area contributed by atoms with Crippen LogP contribution in [0.5, 0.6) is 0 Å². The van der Waals surface area contributed by atoms with Crippen LogP contribution >= 0.6 is 0 Å². The lowest BCUT2D eigenvalue weighted by molar-refractivity contribution is -0.121. The third kappa shape index (κ3) is 4.59. The molecular weight excluding hydrogens is 234 g/mol. The number of hydrogen-bond acceptors (Lipinski definition) is 1. The van der Waals surface area contributed by atoms with Gasteiger partial charge in [0.2, 0.25) is 5.91 Å². The highest BCUT2D eigenvalue weighted by Crippen LogP contribution is 2.05. The van der Waals surface area contributed by atoms with Crippen LogP contribution in [0.25, 0.3) is 0 Å². The summed E-state index contributed by atoms with van der Waals surface area (Å²) < 4.78 is 0. The number of amides is 1. The second kappa shape index (κ2) is 6.74. The number of carbonyl (C=O) groups excluding carboxylic acids is 1. The number of nitrogens with one attached hydrogen (secondary N) is 1. The molecule has 2 heteroatoms. The summed E-state index contributed by atoms with van der Waals surface area (Å²) in [4.78, 5) is 11.8. The van der Waals surface area contributed by atoms with E-state index in [4.69, 9.17) is 0 Å². The third-order valence-electron chi connectivity index (χ3n) is 3.06. The molecule has 19 heavy (non-hydrogen) atoms. The number of rotatable bonds is 5. The highest BCUT2D eigenvalue weighted by atomic mass is 16.1. The van der Waals surface area contributed by atoms with Crippen LogP contribution in [-0.4, -0.2) is 5.91 Å². The summed E-state index contributed by atoms with van der Waals surface area (Å²) in [5.74, 6) is 0.102. The van der Waals surface area contributed by atoms with Crippen LogP contribution < -0.4 is 5.32 Å². The second-order valence-electron chi connectivity index (χ2n) is 4.75. The first-order valence-corrected chi connectivity index (χ1v) is 6.60. The first-order chi connectivity index (χ1) is 9.24. The van der Waals surface area contributed by atoms with Gasteiger partial charge in [-0.2, -0.15) is 0 Å². The molecule has 98 valence electrons. The molecule has 2 aromatic carbocycles. The molecule has 0 saturated heterocycles. The lowest BCUT2D eigenvalue weighted by Gasteiger charge is -2.06. The lowest BCUT2D eigenvalue weighted by Crippen LogP contribution is -2.23. The van der Waals surface area contributed by atoms with Crippen LogP contribution in [0.3, 0.4) is 0 Å². The van der Waals surface area contributed by atoms with Crippen molar-refractivity contribution in [2.75, 3.05) is 0 Å². The molecule has 2 rings (SSSR count). The van der Waals surface area contributed by atoms with Crippen molar-refractivity contribution in [3.63, 3.8) is 0 Å². The summed E-state index contributed by atoms with van der Waals surface area (Å²) >= 11 is 0. The molecule has 0 spiro atoms. The Kier molecular flexibility index (Phi) is 4.73. The van der Waals surface area contributed by atoms with Crippen LogP contribution in [0, 0.1) is 6.92 Å². The Bertz CT molecular complexity index is 534. The average molecular weight is 253 g/mol. The molecule has 0 fully saturated rings. The van der Waals surface area contributed by atoms with E-state index < -0.39 is 0 Å².